The average Bonchev–Trinajstić information content (AvgIpc) is 2.80. The maximum Gasteiger partial charge on any atom is 0.325 e. The fraction of sp³-hybridized carbons (Fsp3) is 0.167. The molecule has 0 saturated carbocycles. The molecule has 0 aliphatic carbocycles. The van der Waals surface area contributed by atoms with E-state index in [1.54, 1.807) is 12.1 Å². The molecule has 172 valence electrons. The Morgan fingerprint density at radius 2 is 1.55 bits per heavy atom. The number of nitrogens with one attached hydrogen (secondary N) is 1. The standard InChI is InChI=1S/C24H23FN2O5S/c1-32-24(29)17-27(16-19-5-3-2-4-6-19)23(28)15-18-7-11-21(12-8-18)26-33(30,31)22-13-9-20(25)10-14-22/h2-14,26H,15-17H2,1H3. The first-order valence-electron chi connectivity index (χ1n) is 10.0. The van der Waals surface area contributed by atoms with E-state index in [2.05, 4.69) is 4.72 Å². The molecule has 0 aromatic heterocycles. The van der Waals surface area contributed by atoms with E-state index < -0.39 is 21.8 Å². The molecule has 3 aromatic carbocycles. The maximum absolute atomic E-state index is 13.0. The smallest absolute Gasteiger partial charge is 0.325 e. The highest BCUT2D eigenvalue weighted by Crippen LogP contribution is 2.18. The van der Waals surface area contributed by atoms with Crippen LogP contribution in [0.3, 0.4) is 0 Å². The predicted octanol–water partition coefficient (Wildman–Crippen LogP) is 3.37. The Bertz CT molecular complexity index is 1200. The number of esters is 1. The Morgan fingerprint density at radius 3 is 2.15 bits per heavy atom. The molecule has 3 rings (SSSR count). The number of rotatable bonds is 9. The van der Waals surface area contributed by atoms with Gasteiger partial charge in [0.15, 0.2) is 0 Å². The number of benzene rings is 3. The predicted molar refractivity (Wildman–Crippen MR) is 121 cm³/mol. The van der Waals surface area contributed by atoms with E-state index in [-0.39, 0.29) is 30.3 Å². The van der Waals surface area contributed by atoms with Crippen LogP contribution >= 0.6 is 0 Å². The molecule has 0 aliphatic rings. The minimum Gasteiger partial charge on any atom is -0.468 e. The molecule has 0 saturated heterocycles. The van der Waals surface area contributed by atoms with E-state index in [1.165, 1.54) is 36.3 Å². The second-order valence-electron chi connectivity index (χ2n) is 7.24. The molecule has 0 heterocycles. The molecule has 0 spiro atoms. The lowest BCUT2D eigenvalue weighted by atomic mass is 10.1. The van der Waals surface area contributed by atoms with Gasteiger partial charge in [-0.3, -0.25) is 14.3 Å². The van der Waals surface area contributed by atoms with Crippen LogP contribution in [-0.2, 0) is 37.3 Å². The zero-order valence-electron chi connectivity index (χ0n) is 17.9. The molecule has 33 heavy (non-hydrogen) atoms. The summed E-state index contributed by atoms with van der Waals surface area (Å²) in [5.74, 6) is -1.33. The first-order valence-corrected chi connectivity index (χ1v) is 11.5. The fourth-order valence-electron chi connectivity index (χ4n) is 3.06. The molecule has 1 N–H and O–H groups in total. The first-order chi connectivity index (χ1) is 15.8. The SMILES string of the molecule is COC(=O)CN(Cc1ccccc1)C(=O)Cc1ccc(NS(=O)(=O)c2ccc(F)cc2)cc1. The van der Waals surface area contributed by atoms with Gasteiger partial charge >= 0.3 is 5.97 Å². The number of hydrogen-bond acceptors (Lipinski definition) is 5. The Labute approximate surface area is 191 Å². The molecule has 0 radical (unpaired) electrons. The maximum atomic E-state index is 13.0. The molecular formula is C24H23FN2O5S. The van der Waals surface area contributed by atoms with Gasteiger partial charge in [0.1, 0.15) is 12.4 Å². The number of ether oxygens (including phenoxy) is 1. The topological polar surface area (TPSA) is 92.8 Å². The lowest BCUT2D eigenvalue weighted by Gasteiger charge is -2.22. The Hall–Kier alpha value is -3.72. The van der Waals surface area contributed by atoms with Crippen molar-refractivity contribution in [2.45, 2.75) is 17.9 Å². The van der Waals surface area contributed by atoms with E-state index in [0.29, 0.717) is 11.3 Å². The Kier molecular flexibility index (Phi) is 7.78. The number of halogens is 1. The van der Waals surface area contributed by atoms with E-state index >= 15 is 0 Å². The summed E-state index contributed by atoms with van der Waals surface area (Å²) in [4.78, 5) is 26.0. The van der Waals surface area contributed by atoms with E-state index in [1.807, 2.05) is 30.3 Å². The molecule has 3 aromatic rings. The van der Waals surface area contributed by atoms with Crippen LogP contribution < -0.4 is 4.72 Å². The van der Waals surface area contributed by atoms with Crippen LogP contribution in [0.1, 0.15) is 11.1 Å². The van der Waals surface area contributed by atoms with Crippen molar-refractivity contribution in [1.82, 2.24) is 4.90 Å². The summed E-state index contributed by atoms with van der Waals surface area (Å²) >= 11 is 0. The Morgan fingerprint density at radius 1 is 0.909 bits per heavy atom. The quantitative estimate of drug-likeness (QED) is 0.484. The van der Waals surface area contributed by atoms with Crippen LogP contribution in [0.4, 0.5) is 10.1 Å². The van der Waals surface area contributed by atoms with Crippen molar-refractivity contribution in [3.8, 4) is 0 Å². The summed E-state index contributed by atoms with van der Waals surface area (Å²) in [5.41, 5.74) is 1.82. The number of anilines is 1. The molecular weight excluding hydrogens is 447 g/mol. The van der Waals surface area contributed by atoms with Gasteiger partial charge in [0.2, 0.25) is 5.91 Å². The summed E-state index contributed by atoms with van der Waals surface area (Å²) in [6.07, 6.45) is 0.0226. The zero-order valence-corrected chi connectivity index (χ0v) is 18.7. The van der Waals surface area contributed by atoms with Crippen LogP contribution in [0.2, 0.25) is 0 Å². The van der Waals surface area contributed by atoms with Crippen molar-refractivity contribution >= 4 is 27.6 Å². The van der Waals surface area contributed by atoms with Crippen LogP contribution in [0.25, 0.3) is 0 Å². The number of carbonyl (C=O) groups excluding carboxylic acids is 2. The molecule has 7 nitrogen and oxygen atoms in total. The lowest BCUT2D eigenvalue weighted by Crippen LogP contribution is -2.36. The molecule has 0 aliphatic heterocycles. The van der Waals surface area contributed by atoms with Gasteiger partial charge in [-0.25, -0.2) is 12.8 Å². The van der Waals surface area contributed by atoms with Gasteiger partial charge in [0.05, 0.1) is 18.4 Å². The number of nitrogens with zero attached hydrogens (tertiary/aromatic N) is 1. The minimum atomic E-state index is -3.87. The average molecular weight is 471 g/mol. The number of sulfonamides is 1. The molecule has 0 unspecified atom stereocenters. The fourth-order valence-corrected chi connectivity index (χ4v) is 4.12. The number of hydrogen-bond donors (Lipinski definition) is 1. The van der Waals surface area contributed by atoms with Crippen molar-refractivity contribution in [1.29, 1.82) is 0 Å². The summed E-state index contributed by atoms with van der Waals surface area (Å²) < 4.78 is 45.0. The summed E-state index contributed by atoms with van der Waals surface area (Å²) in [6, 6.07) is 20.1. The highest BCUT2D eigenvalue weighted by molar-refractivity contribution is 7.92. The number of methoxy groups -OCH3 is 1. The minimum absolute atomic E-state index is 0.0226. The van der Waals surface area contributed by atoms with Crippen LogP contribution in [0.5, 0.6) is 0 Å². The lowest BCUT2D eigenvalue weighted by molar-refractivity contribution is -0.147. The van der Waals surface area contributed by atoms with Crippen molar-refractivity contribution in [2.24, 2.45) is 0 Å². The van der Waals surface area contributed by atoms with Gasteiger partial charge in [-0.15, -0.1) is 0 Å². The van der Waals surface area contributed by atoms with E-state index in [4.69, 9.17) is 4.74 Å². The third-order valence-electron chi connectivity index (χ3n) is 4.80. The monoisotopic (exact) mass is 470 g/mol. The van der Waals surface area contributed by atoms with Gasteiger partial charge in [-0.05, 0) is 47.5 Å². The summed E-state index contributed by atoms with van der Waals surface area (Å²) in [6.45, 7) is 0.0735. The molecule has 0 fully saturated rings. The van der Waals surface area contributed by atoms with Crippen molar-refractivity contribution < 1.29 is 27.1 Å². The van der Waals surface area contributed by atoms with Gasteiger partial charge in [-0.1, -0.05) is 42.5 Å². The third kappa shape index (κ3) is 6.88. The van der Waals surface area contributed by atoms with Gasteiger partial charge in [0.25, 0.3) is 10.0 Å². The molecule has 9 heteroatoms. The highest BCUT2D eigenvalue weighted by atomic mass is 32.2. The Balaban J connectivity index is 1.68. The third-order valence-corrected chi connectivity index (χ3v) is 6.20. The van der Waals surface area contributed by atoms with Crippen LogP contribution in [-0.4, -0.2) is 38.8 Å². The number of amides is 1. The molecule has 0 atom stereocenters. The van der Waals surface area contributed by atoms with E-state index in [9.17, 15) is 22.4 Å². The highest BCUT2D eigenvalue weighted by Gasteiger charge is 2.19. The first kappa shape index (κ1) is 23.9. The van der Waals surface area contributed by atoms with Crippen LogP contribution in [0, 0.1) is 5.82 Å². The van der Waals surface area contributed by atoms with Gasteiger partial charge in [-0.2, -0.15) is 0 Å². The largest absolute Gasteiger partial charge is 0.468 e. The summed E-state index contributed by atoms with van der Waals surface area (Å²) in [7, 11) is -2.61. The molecule has 1 amide bonds. The van der Waals surface area contributed by atoms with Crippen molar-refractivity contribution in [2.75, 3.05) is 18.4 Å². The van der Waals surface area contributed by atoms with E-state index in [0.717, 1.165) is 17.7 Å². The van der Waals surface area contributed by atoms with Gasteiger partial charge in [0, 0.05) is 12.2 Å². The second-order valence-corrected chi connectivity index (χ2v) is 8.93. The second kappa shape index (κ2) is 10.7. The molecule has 0 bridgehead atoms. The van der Waals surface area contributed by atoms with Gasteiger partial charge < -0.3 is 9.64 Å². The number of carbonyl (C=O) groups is 2. The zero-order chi connectivity index (χ0) is 23.8. The van der Waals surface area contributed by atoms with Crippen LogP contribution in [0.15, 0.2) is 83.8 Å². The summed E-state index contributed by atoms with van der Waals surface area (Å²) in [5, 5.41) is 0. The van der Waals surface area contributed by atoms with Crippen molar-refractivity contribution in [3.05, 3.63) is 95.8 Å². The van der Waals surface area contributed by atoms with Crippen molar-refractivity contribution in [3.63, 3.8) is 0 Å². The normalized spacial score (nSPS) is 11.0.